The highest BCUT2D eigenvalue weighted by Gasteiger charge is 2.14. The second kappa shape index (κ2) is 10.5. The SMILES string of the molecule is CCCCCCCCCC(N)OC(=O)C(C)O. The number of hydrogen-bond acceptors (Lipinski definition) is 4. The van der Waals surface area contributed by atoms with E-state index in [0.717, 1.165) is 12.8 Å². The van der Waals surface area contributed by atoms with E-state index < -0.39 is 18.3 Å². The Labute approximate surface area is 105 Å². The van der Waals surface area contributed by atoms with Crippen LogP contribution in [0.2, 0.25) is 0 Å². The Bertz CT molecular complexity index is 195. The number of carbonyl (C=O) groups excluding carboxylic acids is 1. The first-order chi connectivity index (χ1) is 8.07. The largest absolute Gasteiger partial charge is 0.445 e. The van der Waals surface area contributed by atoms with Gasteiger partial charge in [-0.05, 0) is 19.8 Å². The van der Waals surface area contributed by atoms with Crippen LogP contribution in [-0.4, -0.2) is 23.4 Å². The Balaban J connectivity index is 3.33. The molecule has 0 saturated carbocycles. The van der Waals surface area contributed by atoms with Crippen molar-refractivity contribution in [2.75, 3.05) is 0 Å². The molecule has 2 atom stereocenters. The van der Waals surface area contributed by atoms with E-state index in [0.29, 0.717) is 6.42 Å². The maximum atomic E-state index is 11.0. The molecule has 0 saturated heterocycles. The summed E-state index contributed by atoms with van der Waals surface area (Å²) in [7, 11) is 0. The summed E-state index contributed by atoms with van der Waals surface area (Å²) in [5, 5.41) is 8.93. The zero-order chi connectivity index (χ0) is 13.1. The van der Waals surface area contributed by atoms with Crippen molar-refractivity contribution in [1.82, 2.24) is 0 Å². The van der Waals surface area contributed by atoms with E-state index in [-0.39, 0.29) is 0 Å². The standard InChI is InChI=1S/C13H27NO3/c1-3-4-5-6-7-8-9-10-12(14)17-13(16)11(2)15/h11-12,15H,3-10,14H2,1-2H3. The second-order valence-electron chi connectivity index (χ2n) is 4.56. The minimum atomic E-state index is -1.09. The van der Waals surface area contributed by atoms with Crippen molar-refractivity contribution in [3.8, 4) is 0 Å². The summed E-state index contributed by atoms with van der Waals surface area (Å²) in [6, 6.07) is 0. The van der Waals surface area contributed by atoms with Gasteiger partial charge in [-0.25, -0.2) is 4.79 Å². The van der Waals surface area contributed by atoms with Crippen LogP contribution in [0, 0.1) is 0 Å². The summed E-state index contributed by atoms with van der Waals surface area (Å²) in [5.74, 6) is -0.638. The van der Waals surface area contributed by atoms with E-state index in [4.69, 9.17) is 15.6 Å². The van der Waals surface area contributed by atoms with E-state index in [2.05, 4.69) is 6.92 Å². The smallest absolute Gasteiger partial charge is 0.336 e. The second-order valence-corrected chi connectivity index (χ2v) is 4.56. The van der Waals surface area contributed by atoms with Gasteiger partial charge in [0, 0.05) is 0 Å². The number of carbonyl (C=O) groups is 1. The Kier molecular flexibility index (Phi) is 10.2. The fourth-order valence-electron chi connectivity index (χ4n) is 1.61. The molecule has 0 spiro atoms. The van der Waals surface area contributed by atoms with Gasteiger partial charge in [0.05, 0.1) is 0 Å². The molecule has 0 radical (unpaired) electrons. The summed E-state index contributed by atoms with van der Waals surface area (Å²) in [5.41, 5.74) is 5.62. The van der Waals surface area contributed by atoms with Crippen LogP contribution in [0.4, 0.5) is 0 Å². The van der Waals surface area contributed by atoms with E-state index in [1.807, 2.05) is 0 Å². The molecule has 0 bridgehead atoms. The van der Waals surface area contributed by atoms with Crippen molar-refractivity contribution in [2.24, 2.45) is 5.73 Å². The number of aliphatic hydroxyl groups excluding tert-OH is 1. The summed E-state index contributed by atoms with van der Waals surface area (Å²) in [6.45, 7) is 3.58. The van der Waals surface area contributed by atoms with Crippen LogP contribution in [-0.2, 0) is 9.53 Å². The fourth-order valence-corrected chi connectivity index (χ4v) is 1.61. The van der Waals surface area contributed by atoms with E-state index >= 15 is 0 Å². The molecular formula is C13H27NO3. The van der Waals surface area contributed by atoms with Gasteiger partial charge in [0.25, 0.3) is 0 Å². The molecule has 2 unspecified atom stereocenters. The van der Waals surface area contributed by atoms with Gasteiger partial charge in [0.15, 0.2) is 6.23 Å². The molecule has 0 aliphatic carbocycles. The predicted molar refractivity (Wildman–Crippen MR) is 68.4 cm³/mol. The number of nitrogens with two attached hydrogens (primary N) is 1. The van der Waals surface area contributed by atoms with Gasteiger partial charge in [-0.2, -0.15) is 0 Å². The number of unbranched alkanes of at least 4 members (excludes halogenated alkanes) is 6. The molecule has 17 heavy (non-hydrogen) atoms. The first kappa shape index (κ1) is 16.4. The van der Waals surface area contributed by atoms with Gasteiger partial charge in [-0.1, -0.05) is 45.4 Å². The molecule has 0 aliphatic rings. The molecule has 3 N–H and O–H groups in total. The molecular weight excluding hydrogens is 218 g/mol. The Hall–Kier alpha value is -0.610. The minimum absolute atomic E-state index is 0.576. The number of ether oxygens (including phenoxy) is 1. The third kappa shape index (κ3) is 10.3. The van der Waals surface area contributed by atoms with Crippen molar-refractivity contribution >= 4 is 5.97 Å². The first-order valence-corrected chi connectivity index (χ1v) is 6.72. The van der Waals surface area contributed by atoms with Crippen LogP contribution in [0.1, 0.15) is 65.2 Å². The van der Waals surface area contributed by atoms with Gasteiger partial charge in [-0.3, -0.25) is 5.73 Å². The Morgan fingerprint density at radius 2 is 1.71 bits per heavy atom. The Morgan fingerprint density at radius 3 is 2.24 bits per heavy atom. The van der Waals surface area contributed by atoms with Gasteiger partial charge in [0.2, 0.25) is 0 Å². The molecule has 0 aromatic carbocycles. The highest BCUT2D eigenvalue weighted by molar-refractivity contribution is 5.73. The molecule has 0 fully saturated rings. The van der Waals surface area contributed by atoms with Crippen LogP contribution >= 0.6 is 0 Å². The molecule has 0 amide bonds. The molecule has 0 aliphatic heterocycles. The maximum absolute atomic E-state index is 11.0. The lowest BCUT2D eigenvalue weighted by molar-refractivity contribution is -0.158. The minimum Gasteiger partial charge on any atom is -0.445 e. The fraction of sp³-hybridized carbons (Fsp3) is 0.923. The summed E-state index contributed by atoms with van der Waals surface area (Å²) in [6.07, 6.45) is 7.48. The summed E-state index contributed by atoms with van der Waals surface area (Å²) in [4.78, 5) is 11.0. The monoisotopic (exact) mass is 245 g/mol. The molecule has 4 heteroatoms. The van der Waals surface area contributed by atoms with Crippen LogP contribution in [0.5, 0.6) is 0 Å². The van der Waals surface area contributed by atoms with E-state index in [1.54, 1.807) is 0 Å². The highest BCUT2D eigenvalue weighted by Crippen LogP contribution is 2.09. The number of esters is 1. The zero-order valence-corrected chi connectivity index (χ0v) is 11.2. The zero-order valence-electron chi connectivity index (χ0n) is 11.2. The quantitative estimate of drug-likeness (QED) is 0.352. The van der Waals surface area contributed by atoms with Crippen molar-refractivity contribution in [1.29, 1.82) is 0 Å². The third-order valence-corrected chi connectivity index (χ3v) is 2.70. The lowest BCUT2D eigenvalue weighted by atomic mass is 10.1. The topological polar surface area (TPSA) is 72.5 Å². The molecule has 0 aromatic rings. The Morgan fingerprint density at radius 1 is 1.18 bits per heavy atom. The highest BCUT2D eigenvalue weighted by atomic mass is 16.6. The van der Waals surface area contributed by atoms with Gasteiger partial charge in [-0.15, -0.1) is 0 Å². The number of aliphatic hydroxyl groups is 1. The van der Waals surface area contributed by atoms with Crippen LogP contribution < -0.4 is 5.73 Å². The van der Waals surface area contributed by atoms with Crippen LogP contribution in [0.3, 0.4) is 0 Å². The first-order valence-electron chi connectivity index (χ1n) is 6.72. The molecule has 0 rings (SSSR count). The summed E-state index contributed by atoms with van der Waals surface area (Å²) < 4.78 is 4.85. The number of hydrogen-bond donors (Lipinski definition) is 2. The van der Waals surface area contributed by atoms with Crippen LogP contribution in [0.15, 0.2) is 0 Å². The van der Waals surface area contributed by atoms with Crippen LogP contribution in [0.25, 0.3) is 0 Å². The van der Waals surface area contributed by atoms with Crippen molar-refractivity contribution in [2.45, 2.75) is 77.5 Å². The summed E-state index contributed by atoms with van der Waals surface area (Å²) >= 11 is 0. The van der Waals surface area contributed by atoms with E-state index in [9.17, 15) is 4.79 Å². The molecule has 102 valence electrons. The number of rotatable bonds is 10. The van der Waals surface area contributed by atoms with Crippen molar-refractivity contribution in [3.63, 3.8) is 0 Å². The molecule has 4 nitrogen and oxygen atoms in total. The normalized spacial score (nSPS) is 14.4. The van der Waals surface area contributed by atoms with Crippen molar-refractivity contribution in [3.05, 3.63) is 0 Å². The third-order valence-electron chi connectivity index (χ3n) is 2.70. The lowest BCUT2D eigenvalue weighted by Gasteiger charge is -2.13. The van der Waals surface area contributed by atoms with Gasteiger partial charge in [0.1, 0.15) is 6.10 Å². The van der Waals surface area contributed by atoms with E-state index in [1.165, 1.54) is 39.0 Å². The maximum Gasteiger partial charge on any atom is 0.336 e. The van der Waals surface area contributed by atoms with Gasteiger partial charge < -0.3 is 9.84 Å². The predicted octanol–water partition coefficient (Wildman–Crippen LogP) is 2.34. The average molecular weight is 245 g/mol. The molecule has 0 aromatic heterocycles. The van der Waals surface area contributed by atoms with Crippen molar-refractivity contribution < 1.29 is 14.6 Å². The molecule has 0 heterocycles. The average Bonchev–Trinajstić information content (AvgIpc) is 2.27. The van der Waals surface area contributed by atoms with Gasteiger partial charge >= 0.3 is 5.97 Å². The lowest BCUT2D eigenvalue weighted by Crippen LogP contribution is -2.31.